The number of epoxide rings is 1. The van der Waals surface area contributed by atoms with Gasteiger partial charge in [0.15, 0.2) is 0 Å². The Bertz CT molecular complexity index is 120. The van der Waals surface area contributed by atoms with Crippen molar-refractivity contribution in [1.29, 1.82) is 0 Å². The third kappa shape index (κ3) is 0.970. The quantitative estimate of drug-likeness (QED) is 0.440. The van der Waals surface area contributed by atoms with E-state index in [1.165, 1.54) is 19.4 Å². The Morgan fingerprint density at radius 2 is 2.33 bits per heavy atom. The monoisotopic (exact) mass is 127 g/mol. The van der Waals surface area contributed by atoms with Crippen LogP contribution in [0.3, 0.4) is 0 Å². The van der Waals surface area contributed by atoms with Crippen LogP contribution in [-0.2, 0) is 4.74 Å². The largest absolute Gasteiger partial charge is 0.368 e. The summed E-state index contributed by atoms with van der Waals surface area (Å²) in [6, 6.07) is 0. The summed E-state index contributed by atoms with van der Waals surface area (Å²) >= 11 is 0. The third-order valence-electron chi connectivity index (χ3n) is 2.28. The summed E-state index contributed by atoms with van der Waals surface area (Å²) in [6.45, 7) is 3.43. The minimum absolute atomic E-state index is 0.326. The fraction of sp³-hybridized carbons (Fsp3) is 1.00. The first kappa shape index (κ1) is 5.69. The maximum Gasteiger partial charge on any atom is 0.104 e. The molecule has 9 heavy (non-hydrogen) atoms. The number of ether oxygens (including phenoxy) is 1. The predicted molar refractivity (Wildman–Crippen MR) is 35.4 cm³/mol. The molecule has 0 bridgehead atoms. The van der Waals surface area contributed by atoms with Crippen molar-refractivity contribution in [3.63, 3.8) is 0 Å². The van der Waals surface area contributed by atoms with Gasteiger partial charge in [0.25, 0.3) is 0 Å². The van der Waals surface area contributed by atoms with E-state index in [9.17, 15) is 0 Å². The highest BCUT2D eigenvalue weighted by Gasteiger charge is 2.46. The maximum absolute atomic E-state index is 5.37. The summed E-state index contributed by atoms with van der Waals surface area (Å²) < 4.78 is 5.37. The van der Waals surface area contributed by atoms with E-state index in [1.54, 1.807) is 0 Å². The Kier molecular flexibility index (Phi) is 1.08. The molecule has 1 atom stereocenters. The molecule has 0 amide bonds. The van der Waals surface area contributed by atoms with Crippen LogP contribution in [0.5, 0.6) is 0 Å². The molecule has 0 aromatic carbocycles. The van der Waals surface area contributed by atoms with Gasteiger partial charge in [-0.3, -0.25) is 0 Å². The Balaban J connectivity index is 1.96. The molecular weight excluding hydrogens is 114 g/mol. The topological polar surface area (TPSA) is 15.8 Å². The number of nitrogens with zero attached hydrogens (tertiary/aromatic N) is 1. The Morgan fingerprint density at radius 3 is 2.78 bits per heavy atom. The molecule has 1 spiro atoms. The molecule has 0 N–H and O–H groups in total. The number of rotatable bonds is 0. The van der Waals surface area contributed by atoms with Gasteiger partial charge in [0, 0.05) is 6.54 Å². The first-order valence-electron chi connectivity index (χ1n) is 3.63. The summed E-state index contributed by atoms with van der Waals surface area (Å²) in [5, 5.41) is 0. The van der Waals surface area contributed by atoms with E-state index < -0.39 is 0 Å². The van der Waals surface area contributed by atoms with Crippen molar-refractivity contribution in [2.45, 2.75) is 18.4 Å². The van der Waals surface area contributed by atoms with Crippen LogP contribution in [0.2, 0.25) is 0 Å². The minimum Gasteiger partial charge on any atom is -0.368 e. The molecule has 0 aliphatic carbocycles. The highest BCUT2D eigenvalue weighted by atomic mass is 16.6. The van der Waals surface area contributed by atoms with E-state index >= 15 is 0 Å². The fourth-order valence-electron chi connectivity index (χ4n) is 1.66. The van der Waals surface area contributed by atoms with E-state index in [0.29, 0.717) is 5.60 Å². The highest BCUT2D eigenvalue weighted by molar-refractivity contribution is 4.97. The zero-order chi connectivity index (χ0) is 6.32. The SMILES string of the molecule is CN1CCC[C@]2(CO2)C1. The summed E-state index contributed by atoms with van der Waals surface area (Å²) in [4.78, 5) is 2.36. The van der Waals surface area contributed by atoms with Crippen molar-refractivity contribution < 1.29 is 4.74 Å². The predicted octanol–water partition coefficient (Wildman–Crippen LogP) is 0.481. The van der Waals surface area contributed by atoms with Crippen LogP contribution in [0, 0.1) is 0 Å². The lowest BCUT2D eigenvalue weighted by Gasteiger charge is -2.26. The zero-order valence-corrected chi connectivity index (χ0v) is 5.89. The van der Waals surface area contributed by atoms with Crippen LogP contribution >= 0.6 is 0 Å². The number of piperidine rings is 1. The molecule has 2 nitrogen and oxygen atoms in total. The molecule has 52 valence electrons. The van der Waals surface area contributed by atoms with Crippen molar-refractivity contribution in [3.8, 4) is 0 Å². The van der Waals surface area contributed by atoms with Gasteiger partial charge in [-0.15, -0.1) is 0 Å². The van der Waals surface area contributed by atoms with Crippen LogP contribution in [-0.4, -0.2) is 37.2 Å². The Labute approximate surface area is 55.8 Å². The standard InChI is InChI=1S/C7H13NO/c1-8-4-2-3-7(5-8)6-9-7/h2-6H2,1H3/t7-/m1/s1. The summed E-state index contributed by atoms with van der Waals surface area (Å²) in [5.41, 5.74) is 0.326. The second-order valence-corrected chi connectivity index (χ2v) is 3.31. The number of hydrogen-bond acceptors (Lipinski definition) is 2. The van der Waals surface area contributed by atoms with Crippen LogP contribution in [0.25, 0.3) is 0 Å². The molecule has 2 heterocycles. The van der Waals surface area contributed by atoms with Gasteiger partial charge in [-0.05, 0) is 26.4 Å². The van der Waals surface area contributed by atoms with Crippen LogP contribution < -0.4 is 0 Å². The lowest BCUT2D eigenvalue weighted by Crippen LogP contribution is -2.37. The molecule has 0 radical (unpaired) electrons. The molecule has 2 aliphatic heterocycles. The van der Waals surface area contributed by atoms with Crippen molar-refractivity contribution in [3.05, 3.63) is 0 Å². The molecule has 2 fully saturated rings. The molecule has 2 heteroatoms. The second-order valence-electron chi connectivity index (χ2n) is 3.31. The summed E-state index contributed by atoms with van der Waals surface area (Å²) in [5.74, 6) is 0. The lowest BCUT2D eigenvalue weighted by molar-refractivity contribution is 0.158. The van der Waals surface area contributed by atoms with Crippen LogP contribution in [0.15, 0.2) is 0 Å². The maximum atomic E-state index is 5.37. The van der Waals surface area contributed by atoms with Crippen molar-refractivity contribution >= 4 is 0 Å². The van der Waals surface area contributed by atoms with E-state index in [4.69, 9.17) is 4.74 Å². The molecule has 0 aromatic rings. The third-order valence-corrected chi connectivity index (χ3v) is 2.28. The molecule has 0 unspecified atom stereocenters. The number of likely N-dealkylation sites (N-methyl/N-ethyl adjacent to an activating group) is 1. The van der Waals surface area contributed by atoms with E-state index in [1.807, 2.05) is 0 Å². The molecule has 2 rings (SSSR count). The minimum atomic E-state index is 0.326. The normalized spacial score (nSPS) is 43.7. The molecular formula is C7H13NO. The van der Waals surface area contributed by atoms with E-state index in [2.05, 4.69) is 11.9 Å². The van der Waals surface area contributed by atoms with Gasteiger partial charge in [-0.25, -0.2) is 0 Å². The molecule has 0 aromatic heterocycles. The fourth-order valence-corrected chi connectivity index (χ4v) is 1.66. The van der Waals surface area contributed by atoms with Crippen molar-refractivity contribution in [1.82, 2.24) is 4.90 Å². The second kappa shape index (κ2) is 1.70. The number of likely N-dealkylation sites (tertiary alicyclic amines) is 1. The van der Waals surface area contributed by atoms with Crippen LogP contribution in [0.1, 0.15) is 12.8 Å². The van der Waals surface area contributed by atoms with Crippen molar-refractivity contribution in [2.24, 2.45) is 0 Å². The molecule has 2 saturated heterocycles. The molecule has 0 saturated carbocycles. The number of hydrogen-bond donors (Lipinski definition) is 0. The summed E-state index contributed by atoms with van der Waals surface area (Å²) in [6.07, 6.45) is 2.60. The smallest absolute Gasteiger partial charge is 0.104 e. The van der Waals surface area contributed by atoms with E-state index in [-0.39, 0.29) is 0 Å². The van der Waals surface area contributed by atoms with Gasteiger partial charge in [-0.2, -0.15) is 0 Å². The lowest BCUT2D eigenvalue weighted by atomic mass is 10.00. The molecule has 2 aliphatic rings. The Hall–Kier alpha value is -0.0800. The van der Waals surface area contributed by atoms with Gasteiger partial charge in [0.1, 0.15) is 5.60 Å². The van der Waals surface area contributed by atoms with Gasteiger partial charge < -0.3 is 9.64 Å². The first-order chi connectivity index (χ1) is 4.31. The zero-order valence-electron chi connectivity index (χ0n) is 5.89. The van der Waals surface area contributed by atoms with Gasteiger partial charge in [0.2, 0.25) is 0 Å². The van der Waals surface area contributed by atoms with Gasteiger partial charge in [-0.1, -0.05) is 0 Å². The van der Waals surface area contributed by atoms with Gasteiger partial charge in [0.05, 0.1) is 6.61 Å². The van der Waals surface area contributed by atoms with E-state index in [0.717, 1.165) is 13.2 Å². The summed E-state index contributed by atoms with van der Waals surface area (Å²) in [7, 11) is 2.17. The van der Waals surface area contributed by atoms with Gasteiger partial charge >= 0.3 is 0 Å². The first-order valence-corrected chi connectivity index (χ1v) is 3.63. The average Bonchev–Trinajstić information content (AvgIpc) is 2.49. The van der Waals surface area contributed by atoms with Crippen LogP contribution in [0.4, 0.5) is 0 Å². The highest BCUT2D eigenvalue weighted by Crippen LogP contribution is 2.35. The Morgan fingerprint density at radius 1 is 1.56 bits per heavy atom. The van der Waals surface area contributed by atoms with Crippen molar-refractivity contribution in [2.75, 3.05) is 26.7 Å². The average molecular weight is 127 g/mol.